The van der Waals surface area contributed by atoms with Gasteiger partial charge in [0.1, 0.15) is 11.4 Å². The first-order chi connectivity index (χ1) is 19.5. The fourth-order valence-electron chi connectivity index (χ4n) is 4.36. The summed E-state index contributed by atoms with van der Waals surface area (Å²) in [7, 11) is 3.06. The summed E-state index contributed by atoms with van der Waals surface area (Å²) in [6.07, 6.45) is 3.17. The van der Waals surface area contributed by atoms with Crippen LogP contribution >= 0.6 is 0 Å². The van der Waals surface area contributed by atoms with E-state index in [2.05, 4.69) is 20.4 Å². The number of methoxy groups -OCH3 is 2. The molecule has 1 N–H and O–H groups in total. The standard InChI is InChI=1S/C30H22FN5O4/c1-38-27-15-20-22(17-28(27)39-2)32-12-10-25(20)40-26-9-8-19(14-21(26)31)34-30(37)23-16-24(18-6-4-3-5-7-18)36-29(35-23)11-13-33-36/h3-17H,1-2H3,(H,34,37). The zero-order chi connectivity index (χ0) is 27.6. The van der Waals surface area contributed by atoms with Crippen LogP contribution in [0.4, 0.5) is 10.1 Å². The highest BCUT2D eigenvalue weighted by atomic mass is 19.1. The number of halogens is 1. The lowest BCUT2D eigenvalue weighted by Gasteiger charge is -2.13. The van der Waals surface area contributed by atoms with Gasteiger partial charge in [0, 0.05) is 41.0 Å². The Hall–Kier alpha value is -5.51. The molecule has 0 aliphatic heterocycles. The number of benzene rings is 3. The maximum atomic E-state index is 15.1. The molecule has 6 aromatic rings. The van der Waals surface area contributed by atoms with Crippen LogP contribution in [0.1, 0.15) is 10.5 Å². The number of anilines is 1. The van der Waals surface area contributed by atoms with E-state index >= 15 is 4.39 Å². The van der Waals surface area contributed by atoms with Crippen molar-refractivity contribution < 1.29 is 23.4 Å². The number of nitrogens with one attached hydrogen (secondary N) is 1. The third-order valence-corrected chi connectivity index (χ3v) is 6.28. The molecule has 3 aromatic heterocycles. The van der Waals surface area contributed by atoms with Gasteiger partial charge < -0.3 is 19.5 Å². The second-order valence-corrected chi connectivity index (χ2v) is 8.73. The average Bonchev–Trinajstić information content (AvgIpc) is 3.47. The van der Waals surface area contributed by atoms with E-state index in [0.717, 1.165) is 5.56 Å². The van der Waals surface area contributed by atoms with Crippen molar-refractivity contribution >= 4 is 28.1 Å². The Kier molecular flexibility index (Phi) is 6.41. The third-order valence-electron chi connectivity index (χ3n) is 6.28. The molecule has 3 heterocycles. The lowest BCUT2D eigenvalue weighted by Crippen LogP contribution is -2.15. The summed E-state index contributed by atoms with van der Waals surface area (Å²) in [5.74, 6) is 0.217. The number of carbonyl (C=O) groups excluding carboxylic acids is 1. The normalized spacial score (nSPS) is 11.0. The minimum Gasteiger partial charge on any atom is -0.493 e. The molecule has 1 amide bonds. The number of pyridine rings is 1. The highest BCUT2D eigenvalue weighted by Gasteiger charge is 2.17. The van der Waals surface area contributed by atoms with E-state index in [1.165, 1.54) is 26.4 Å². The molecule has 0 unspecified atom stereocenters. The van der Waals surface area contributed by atoms with Gasteiger partial charge in [0.25, 0.3) is 5.91 Å². The maximum Gasteiger partial charge on any atom is 0.274 e. The van der Waals surface area contributed by atoms with Crippen LogP contribution in [0.15, 0.2) is 91.3 Å². The SMILES string of the molecule is COc1cc2nccc(Oc3ccc(NC(=O)c4cc(-c5ccccc5)n5nccc5n4)cc3F)c2cc1OC. The van der Waals surface area contributed by atoms with Crippen molar-refractivity contribution in [1.29, 1.82) is 0 Å². The van der Waals surface area contributed by atoms with Crippen LogP contribution in [0.5, 0.6) is 23.0 Å². The van der Waals surface area contributed by atoms with E-state index in [1.807, 2.05) is 30.3 Å². The molecule has 3 aromatic carbocycles. The topological polar surface area (TPSA) is 99.9 Å². The van der Waals surface area contributed by atoms with Crippen molar-refractivity contribution in [2.75, 3.05) is 19.5 Å². The van der Waals surface area contributed by atoms with Gasteiger partial charge in [-0.2, -0.15) is 5.10 Å². The Morgan fingerprint density at radius 2 is 1.65 bits per heavy atom. The van der Waals surface area contributed by atoms with Crippen molar-refractivity contribution in [1.82, 2.24) is 19.6 Å². The summed E-state index contributed by atoms with van der Waals surface area (Å²) < 4.78 is 33.4. The monoisotopic (exact) mass is 535 g/mol. The summed E-state index contributed by atoms with van der Waals surface area (Å²) in [6, 6.07) is 22.2. The lowest BCUT2D eigenvalue weighted by molar-refractivity contribution is 0.102. The fourth-order valence-corrected chi connectivity index (χ4v) is 4.36. The van der Waals surface area contributed by atoms with Crippen molar-refractivity contribution in [3.63, 3.8) is 0 Å². The van der Waals surface area contributed by atoms with E-state index in [9.17, 15) is 4.79 Å². The predicted molar refractivity (Wildman–Crippen MR) is 148 cm³/mol. The summed E-state index contributed by atoms with van der Waals surface area (Å²) >= 11 is 0. The number of aromatic nitrogens is 4. The molecule has 0 aliphatic carbocycles. The highest BCUT2D eigenvalue weighted by Crippen LogP contribution is 2.37. The number of nitrogens with zero attached hydrogens (tertiary/aromatic N) is 4. The summed E-state index contributed by atoms with van der Waals surface area (Å²) in [5, 5.41) is 7.65. The zero-order valence-electron chi connectivity index (χ0n) is 21.5. The Bertz CT molecular complexity index is 1870. The van der Waals surface area contributed by atoms with Crippen molar-refractivity contribution in [3.05, 3.63) is 103 Å². The van der Waals surface area contributed by atoms with Gasteiger partial charge in [0.15, 0.2) is 28.7 Å². The average molecular weight is 536 g/mol. The Balaban J connectivity index is 1.26. The molecule has 0 saturated carbocycles. The van der Waals surface area contributed by atoms with E-state index in [0.29, 0.717) is 39.5 Å². The highest BCUT2D eigenvalue weighted by molar-refractivity contribution is 6.03. The molecule has 0 bridgehead atoms. The van der Waals surface area contributed by atoms with Crippen LogP contribution in [-0.4, -0.2) is 39.7 Å². The Morgan fingerprint density at radius 3 is 2.42 bits per heavy atom. The van der Waals surface area contributed by atoms with Crippen molar-refractivity contribution in [2.24, 2.45) is 0 Å². The number of hydrogen-bond donors (Lipinski definition) is 1. The van der Waals surface area contributed by atoms with Gasteiger partial charge in [-0.15, -0.1) is 0 Å². The minimum atomic E-state index is -0.660. The molecule has 0 fully saturated rings. The number of rotatable bonds is 7. The van der Waals surface area contributed by atoms with Crippen LogP contribution in [-0.2, 0) is 0 Å². The van der Waals surface area contributed by atoms with E-state index in [-0.39, 0.29) is 17.1 Å². The Morgan fingerprint density at radius 1 is 0.850 bits per heavy atom. The van der Waals surface area contributed by atoms with Gasteiger partial charge in [0.05, 0.1) is 31.6 Å². The molecule has 198 valence electrons. The van der Waals surface area contributed by atoms with Crippen LogP contribution in [0.2, 0.25) is 0 Å². The summed E-state index contributed by atoms with van der Waals surface area (Å²) in [5.41, 5.74) is 3.10. The third kappa shape index (κ3) is 4.62. The molecule has 9 nitrogen and oxygen atoms in total. The largest absolute Gasteiger partial charge is 0.493 e. The van der Waals surface area contributed by atoms with E-state index < -0.39 is 11.7 Å². The molecular formula is C30H22FN5O4. The van der Waals surface area contributed by atoms with Crippen LogP contribution in [0, 0.1) is 5.82 Å². The van der Waals surface area contributed by atoms with Crippen LogP contribution < -0.4 is 19.5 Å². The van der Waals surface area contributed by atoms with Crippen molar-refractivity contribution in [2.45, 2.75) is 0 Å². The number of hydrogen-bond acceptors (Lipinski definition) is 7. The molecule has 0 aliphatic rings. The van der Waals surface area contributed by atoms with Gasteiger partial charge in [0.2, 0.25) is 0 Å². The quantitative estimate of drug-likeness (QED) is 0.262. The summed E-state index contributed by atoms with van der Waals surface area (Å²) in [4.78, 5) is 21.9. The second kappa shape index (κ2) is 10.3. The van der Waals surface area contributed by atoms with E-state index in [1.54, 1.807) is 53.3 Å². The van der Waals surface area contributed by atoms with Gasteiger partial charge in [-0.25, -0.2) is 13.9 Å². The molecule has 6 rings (SSSR count). The molecule has 0 spiro atoms. The fraction of sp³-hybridized carbons (Fsp3) is 0.0667. The van der Waals surface area contributed by atoms with E-state index in [4.69, 9.17) is 14.2 Å². The second-order valence-electron chi connectivity index (χ2n) is 8.73. The first-order valence-corrected chi connectivity index (χ1v) is 12.2. The molecule has 0 radical (unpaired) electrons. The van der Waals surface area contributed by atoms with Gasteiger partial charge in [-0.1, -0.05) is 30.3 Å². The first-order valence-electron chi connectivity index (χ1n) is 12.2. The number of fused-ring (bicyclic) bond motifs is 2. The molecule has 0 atom stereocenters. The zero-order valence-corrected chi connectivity index (χ0v) is 21.5. The molecule has 10 heteroatoms. The number of amides is 1. The van der Waals surface area contributed by atoms with Crippen LogP contribution in [0.25, 0.3) is 27.8 Å². The number of ether oxygens (including phenoxy) is 3. The van der Waals surface area contributed by atoms with Crippen molar-refractivity contribution in [3.8, 4) is 34.3 Å². The first kappa shape index (κ1) is 24.8. The summed E-state index contributed by atoms with van der Waals surface area (Å²) in [6.45, 7) is 0. The minimum absolute atomic E-state index is 0.0227. The number of carbonyl (C=O) groups is 1. The lowest BCUT2D eigenvalue weighted by atomic mass is 10.1. The van der Waals surface area contributed by atoms with Gasteiger partial charge >= 0.3 is 0 Å². The van der Waals surface area contributed by atoms with Gasteiger partial charge in [-0.05, 0) is 30.3 Å². The Labute approximate surface area is 227 Å². The predicted octanol–water partition coefficient (Wildman–Crippen LogP) is 6.15. The smallest absolute Gasteiger partial charge is 0.274 e. The van der Waals surface area contributed by atoms with Gasteiger partial charge in [-0.3, -0.25) is 9.78 Å². The molecular weight excluding hydrogens is 513 g/mol. The molecule has 40 heavy (non-hydrogen) atoms. The van der Waals surface area contributed by atoms with Crippen LogP contribution in [0.3, 0.4) is 0 Å². The maximum absolute atomic E-state index is 15.1. The molecule has 0 saturated heterocycles.